The number of benzene rings is 3. The highest BCUT2D eigenvalue weighted by Crippen LogP contribution is 2.37. The number of aromatic nitrogens is 2. The minimum Gasteiger partial charge on any atom is -0.497 e. The van der Waals surface area contributed by atoms with Gasteiger partial charge in [-0.3, -0.25) is 23.9 Å². The van der Waals surface area contributed by atoms with Gasteiger partial charge in [-0.05, 0) is 81.1 Å². The fourth-order valence-electron chi connectivity index (χ4n) is 6.23. The van der Waals surface area contributed by atoms with Gasteiger partial charge in [-0.25, -0.2) is 18.6 Å². The summed E-state index contributed by atoms with van der Waals surface area (Å²) in [4.78, 5) is 45.2. The number of anilines is 1. The Kier molecular flexibility index (Phi) is 15.4. The third-order valence-electron chi connectivity index (χ3n) is 8.59. The van der Waals surface area contributed by atoms with E-state index in [1.807, 2.05) is 30.5 Å². The standard InChI is InChI=1S/C39H41ClF2N6O5S.C2H6O/c1-39(2,3)53-38(51)45-30(18-23-16-25(41)19-26(42)17-23)36-46-33-24(21-49)8-7-9-28(33)37(50)48(36)31-15-14-29(40)32(34(31)44-4)35(43)47(54-6)20-22-10-12-27(52-5)13-11-22;1-3-2/h7-16,19,21,23,30,43-44H,17-18,20H2,1-6H3,(H,45,51);1-2H3. The summed E-state index contributed by atoms with van der Waals surface area (Å²) >= 11 is 8.14. The SMILES string of the molecule is CNc1c(-n2c(C(CC3C=C(F)C=C(F)C3)NC(=O)OC(C)(C)C)nc3c(C=O)cccc3c2=O)ccc(Cl)c1C(=N)N(Cc1ccc(OC)cc1)SC.COC. The van der Waals surface area contributed by atoms with Crippen LogP contribution in [0.25, 0.3) is 16.6 Å². The Bertz CT molecular complexity index is 2220. The molecule has 304 valence electrons. The first kappa shape index (κ1) is 44.5. The number of methoxy groups -OCH3 is 2. The van der Waals surface area contributed by atoms with E-state index >= 15 is 0 Å². The van der Waals surface area contributed by atoms with E-state index in [1.54, 1.807) is 71.7 Å². The highest BCUT2D eigenvalue weighted by molar-refractivity contribution is 7.96. The van der Waals surface area contributed by atoms with Crippen LogP contribution in [0.3, 0.4) is 0 Å². The maximum absolute atomic E-state index is 14.7. The van der Waals surface area contributed by atoms with Gasteiger partial charge >= 0.3 is 6.09 Å². The first-order valence-corrected chi connectivity index (χ1v) is 19.3. The van der Waals surface area contributed by atoms with Crippen LogP contribution in [0.2, 0.25) is 5.02 Å². The summed E-state index contributed by atoms with van der Waals surface area (Å²) in [7, 11) is 6.44. The molecule has 0 bridgehead atoms. The Morgan fingerprint density at radius 3 is 2.40 bits per heavy atom. The molecule has 0 spiro atoms. The molecule has 16 heteroatoms. The summed E-state index contributed by atoms with van der Waals surface area (Å²) in [5.41, 5.74) is 0.317. The molecule has 4 aromatic rings. The molecule has 1 aliphatic carbocycles. The molecule has 57 heavy (non-hydrogen) atoms. The average Bonchev–Trinajstić information content (AvgIpc) is 3.15. The van der Waals surface area contributed by atoms with Crippen LogP contribution in [0, 0.1) is 11.3 Å². The number of ether oxygens (including phenoxy) is 3. The number of carbonyl (C=O) groups excluding carboxylic acids is 2. The van der Waals surface area contributed by atoms with Crippen LogP contribution in [-0.4, -0.2) is 72.3 Å². The zero-order valence-corrected chi connectivity index (χ0v) is 34.6. The number of alkyl carbamates (subject to hydrolysis) is 1. The number of hydrogen-bond acceptors (Lipinski definition) is 10. The largest absolute Gasteiger partial charge is 0.497 e. The number of aldehydes is 1. The van der Waals surface area contributed by atoms with Crippen molar-refractivity contribution < 1.29 is 32.6 Å². The third kappa shape index (κ3) is 11.0. The van der Waals surface area contributed by atoms with Crippen molar-refractivity contribution in [3.8, 4) is 11.4 Å². The molecule has 1 aromatic heterocycles. The summed E-state index contributed by atoms with van der Waals surface area (Å²) in [6, 6.07) is 13.9. The van der Waals surface area contributed by atoms with E-state index < -0.39 is 40.9 Å². The monoisotopic (exact) mass is 824 g/mol. The lowest BCUT2D eigenvalue weighted by Crippen LogP contribution is -2.39. The molecule has 3 aromatic carbocycles. The molecule has 0 fully saturated rings. The number of nitrogens with one attached hydrogen (secondary N) is 3. The van der Waals surface area contributed by atoms with Gasteiger partial charge in [0.2, 0.25) is 0 Å². The smallest absolute Gasteiger partial charge is 0.408 e. The maximum Gasteiger partial charge on any atom is 0.408 e. The lowest BCUT2D eigenvalue weighted by molar-refractivity contribution is 0.0494. The number of para-hydroxylation sites is 1. The van der Waals surface area contributed by atoms with E-state index in [0.29, 0.717) is 18.6 Å². The minimum absolute atomic E-state index is 0.0228. The number of rotatable bonds is 12. The Morgan fingerprint density at radius 1 is 1.14 bits per heavy atom. The van der Waals surface area contributed by atoms with Crippen LogP contribution in [-0.2, 0) is 16.0 Å². The van der Waals surface area contributed by atoms with Crippen molar-refractivity contribution >= 4 is 58.4 Å². The van der Waals surface area contributed by atoms with Crippen LogP contribution in [0.1, 0.15) is 67.0 Å². The van der Waals surface area contributed by atoms with Gasteiger partial charge in [0.25, 0.3) is 5.56 Å². The zero-order chi connectivity index (χ0) is 42.0. The van der Waals surface area contributed by atoms with E-state index in [9.17, 15) is 28.6 Å². The van der Waals surface area contributed by atoms with Crippen molar-refractivity contribution in [2.24, 2.45) is 5.92 Å². The van der Waals surface area contributed by atoms with E-state index in [4.69, 9.17) is 26.1 Å². The summed E-state index contributed by atoms with van der Waals surface area (Å²) in [6.45, 7) is 5.36. The first-order valence-electron chi connectivity index (χ1n) is 17.8. The maximum atomic E-state index is 14.7. The molecule has 3 N–H and O–H groups in total. The molecule has 1 aliphatic rings. The molecule has 12 nitrogen and oxygen atoms in total. The van der Waals surface area contributed by atoms with Crippen LogP contribution in [0.15, 0.2) is 83.2 Å². The lowest BCUT2D eigenvalue weighted by atomic mass is 9.91. The number of amides is 1. The molecule has 0 aliphatic heterocycles. The molecule has 1 amide bonds. The number of hydrogen-bond donors (Lipinski definition) is 3. The van der Waals surface area contributed by atoms with Crippen molar-refractivity contribution in [3.05, 3.63) is 116 Å². The van der Waals surface area contributed by atoms with E-state index in [0.717, 1.165) is 11.6 Å². The van der Waals surface area contributed by atoms with E-state index in [-0.39, 0.29) is 62.9 Å². The van der Waals surface area contributed by atoms with Gasteiger partial charge < -0.3 is 24.8 Å². The van der Waals surface area contributed by atoms with E-state index in [1.165, 1.54) is 34.7 Å². The molecule has 0 radical (unpaired) electrons. The van der Waals surface area contributed by atoms with Crippen molar-refractivity contribution in [2.45, 2.75) is 51.8 Å². The Hall–Kier alpha value is -5.25. The Morgan fingerprint density at radius 2 is 1.82 bits per heavy atom. The molecular formula is C41H47ClF2N6O6S. The Balaban J connectivity index is 0.00000232. The van der Waals surface area contributed by atoms with Crippen molar-refractivity contribution in [3.63, 3.8) is 0 Å². The van der Waals surface area contributed by atoms with Gasteiger partial charge in [-0.2, -0.15) is 0 Å². The minimum atomic E-state index is -1.18. The third-order valence-corrected chi connectivity index (χ3v) is 9.65. The van der Waals surface area contributed by atoms with Crippen LogP contribution in [0.4, 0.5) is 19.3 Å². The van der Waals surface area contributed by atoms with Gasteiger partial charge in [0.15, 0.2) is 6.29 Å². The van der Waals surface area contributed by atoms with Gasteiger partial charge in [-0.15, -0.1) is 0 Å². The highest BCUT2D eigenvalue weighted by atomic mass is 35.5. The van der Waals surface area contributed by atoms with Crippen molar-refractivity contribution in [1.82, 2.24) is 19.2 Å². The van der Waals surface area contributed by atoms with Crippen LogP contribution < -0.4 is 20.9 Å². The molecule has 5 rings (SSSR count). The summed E-state index contributed by atoms with van der Waals surface area (Å²) in [5.74, 6) is -1.56. The van der Waals surface area contributed by atoms with Gasteiger partial charge in [0.05, 0.1) is 52.6 Å². The summed E-state index contributed by atoms with van der Waals surface area (Å²) in [6.07, 6.45) is 3.29. The van der Waals surface area contributed by atoms with Crippen molar-refractivity contribution in [1.29, 1.82) is 5.41 Å². The topological polar surface area (TPSA) is 148 Å². The molecule has 0 saturated heterocycles. The normalized spacial score (nSPS) is 14.3. The van der Waals surface area contributed by atoms with Crippen LogP contribution >= 0.6 is 23.5 Å². The fraction of sp³-hybridized carbons (Fsp3) is 0.341. The molecule has 2 unspecified atom stereocenters. The fourth-order valence-corrected chi connectivity index (χ4v) is 7.03. The highest BCUT2D eigenvalue weighted by Gasteiger charge is 2.31. The van der Waals surface area contributed by atoms with Crippen molar-refractivity contribution in [2.75, 3.05) is 39.9 Å². The first-order chi connectivity index (χ1) is 27.1. The Labute approximate surface area is 339 Å². The predicted molar refractivity (Wildman–Crippen MR) is 222 cm³/mol. The average molecular weight is 825 g/mol. The number of fused-ring (bicyclic) bond motifs is 1. The number of halogens is 3. The summed E-state index contributed by atoms with van der Waals surface area (Å²) < 4.78 is 47.2. The second kappa shape index (κ2) is 19.7. The molecule has 1 heterocycles. The number of nitrogens with zero attached hydrogens (tertiary/aromatic N) is 3. The molecule has 2 atom stereocenters. The number of allylic oxidation sites excluding steroid dienone is 4. The number of carbonyl (C=O) groups is 2. The molecular weight excluding hydrogens is 778 g/mol. The zero-order valence-electron chi connectivity index (χ0n) is 33.0. The lowest BCUT2D eigenvalue weighted by Gasteiger charge is -2.29. The van der Waals surface area contributed by atoms with Gasteiger partial charge in [-0.1, -0.05) is 41.7 Å². The molecule has 0 saturated carbocycles. The van der Waals surface area contributed by atoms with Gasteiger partial charge in [0.1, 0.15) is 34.7 Å². The second-order valence-electron chi connectivity index (χ2n) is 13.9. The van der Waals surface area contributed by atoms with E-state index in [2.05, 4.69) is 15.4 Å². The second-order valence-corrected chi connectivity index (χ2v) is 15.1. The van der Waals surface area contributed by atoms with Crippen LogP contribution in [0.5, 0.6) is 5.75 Å². The van der Waals surface area contributed by atoms with Gasteiger partial charge in [0, 0.05) is 45.6 Å². The predicted octanol–water partition coefficient (Wildman–Crippen LogP) is 8.95. The quantitative estimate of drug-likeness (QED) is 0.0548. The number of amidine groups is 1. The summed E-state index contributed by atoms with van der Waals surface area (Å²) in [5, 5.41) is 15.6.